The van der Waals surface area contributed by atoms with E-state index in [0.29, 0.717) is 5.92 Å². The largest absolute Gasteiger partial charge is 0.396 e. The molecule has 1 rings (SSSR count). The molecule has 2 atom stereocenters. The minimum absolute atomic E-state index is 0.247. The number of aliphatic hydroxyl groups is 1. The van der Waals surface area contributed by atoms with Gasteiger partial charge in [0.2, 0.25) is 0 Å². The molecule has 0 aromatic rings. The molecule has 0 aromatic heterocycles. The van der Waals surface area contributed by atoms with Crippen LogP contribution in [0.3, 0.4) is 0 Å². The minimum atomic E-state index is 0.247. The number of rotatable bonds is 1. The summed E-state index contributed by atoms with van der Waals surface area (Å²) in [6.07, 6.45) is 1.07. The molecule has 0 aromatic carbocycles. The molecular weight excluding hydrogens is 134 g/mol. The lowest BCUT2D eigenvalue weighted by Crippen LogP contribution is -2.37. The average Bonchev–Trinajstić information content (AvgIpc) is 1.89. The highest BCUT2D eigenvalue weighted by molar-refractivity contribution is 7.99. The molecule has 0 amide bonds. The van der Waals surface area contributed by atoms with Crippen LogP contribution in [0.15, 0.2) is 0 Å². The zero-order valence-electron chi connectivity index (χ0n) is 5.42. The highest BCUT2D eigenvalue weighted by Crippen LogP contribution is 2.20. The van der Waals surface area contributed by atoms with Crippen molar-refractivity contribution in [1.29, 1.82) is 0 Å². The molecule has 1 saturated heterocycles. The van der Waals surface area contributed by atoms with Crippen LogP contribution in [0.1, 0.15) is 6.42 Å². The lowest BCUT2D eigenvalue weighted by Gasteiger charge is -2.25. The normalized spacial score (nSPS) is 36.7. The molecule has 0 radical (unpaired) electrons. The van der Waals surface area contributed by atoms with Crippen LogP contribution >= 0.6 is 11.8 Å². The second kappa shape index (κ2) is 3.44. The van der Waals surface area contributed by atoms with E-state index in [1.165, 1.54) is 0 Å². The van der Waals surface area contributed by atoms with E-state index in [1.807, 2.05) is 11.8 Å². The Hall–Kier alpha value is 0.270. The van der Waals surface area contributed by atoms with Crippen LogP contribution < -0.4 is 5.73 Å². The van der Waals surface area contributed by atoms with Gasteiger partial charge in [-0.15, -0.1) is 0 Å². The van der Waals surface area contributed by atoms with E-state index < -0.39 is 0 Å². The zero-order valence-corrected chi connectivity index (χ0v) is 6.23. The summed E-state index contributed by atoms with van der Waals surface area (Å²) >= 11 is 1.89. The van der Waals surface area contributed by atoms with Gasteiger partial charge in [0.05, 0.1) is 0 Å². The molecule has 3 heteroatoms. The topological polar surface area (TPSA) is 46.2 Å². The van der Waals surface area contributed by atoms with Gasteiger partial charge in [-0.05, 0) is 17.9 Å². The molecule has 1 heterocycles. The summed E-state index contributed by atoms with van der Waals surface area (Å²) in [7, 11) is 0. The van der Waals surface area contributed by atoms with Crippen molar-refractivity contribution >= 4 is 11.8 Å². The zero-order chi connectivity index (χ0) is 6.69. The average molecular weight is 147 g/mol. The van der Waals surface area contributed by atoms with Crippen LogP contribution in [0.2, 0.25) is 0 Å². The van der Waals surface area contributed by atoms with Crippen molar-refractivity contribution in [3.05, 3.63) is 0 Å². The van der Waals surface area contributed by atoms with Crippen molar-refractivity contribution in [2.45, 2.75) is 12.5 Å². The van der Waals surface area contributed by atoms with Gasteiger partial charge in [0.1, 0.15) is 0 Å². The first-order valence-corrected chi connectivity index (χ1v) is 4.44. The van der Waals surface area contributed by atoms with Gasteiger partial charge in [0.15, 0.2) is 0 Å². The monoisotopic (exact) mass is 147 g/mol. The molecule has 0 aliphatic carbocycles. The fourth-order valence-corrected chi connectivity index (χ4v) is 2.26. The summed E-state index contributed by atoms with van der Waals surface area (Å²) in [6, 6.07) is 0.247. The van der Waals surface area contributed by atoms with Gasteiger partial charge in [-0.25, -0.2) is 0 Å². The van der Waals surface area contributed by atoms with Crippen LogP contribution in [0.5, 0.6) is 0 Å². The van der Waals surface area contributed by atoms with Crippen LogP contribution in [0.25, 0.3) is 0 Å². The van der Waals surface area contributed by atoms with Crippen LogP contribution in [-0.4, -0.2) is 29.3 Å². The van der Waals surface area contributed by atoms with E-state index in [9.17, 15) is 0 Å². The Morgan fingerprint density at radius 1 is 1.67 bits per heavy atom. The Bertz CT molecular complexity index is 89.1. The Labute approximate surface area is 59.8 Å². The molecule has 0 bridgehead atoms. The molecule has 0 spiro atoms. The minimum Gasteiger partial charge on any atom is -0.396 e. The summed E-state index contributed by atoms with van der Waals surface area (Å²) in [5, 5.41) is 8.77. The van der Waals surface area contributed by atoms with E-state index in [1.54, 1.807) is 0 Å². The van der Waals surface area contributed by atoms with Crippen molar-refractivity contribution in [2.75, 3.05) is 18.1 Å². The predicted octanol–water partition coefficient (Wildman–Crippen LogP) is 0.0591. The number of nitrogens with two attached hydrogens (primary N) is 1. The molecule has 1 fully saturated rings. The second-order valence-corrected chi connectivity index (χ2v) is 3.62. The van der Waals surface area contributed by atoms with Crippen LogP contribution in [-0.2, 0) is 0 Å². The molecule has 3 N–H and O–H groups in total. The fourth-order valence-electron chi connectivity index (χ4n) is 1.00. The van der Waals surface area contributed by atoms with E-state index in [-0.39, 0.29) is 12.6 Å². The lowest BCUT2D eigenvalue weighted by atomic mass is 10.0. The lowest BCUT2D eigenvalue weighted by molar-refractivity contribution is 0.215. The molecule has 2 nitrogen and oxygen atoms in total. The van der Waals surface area contributed by atoms with E-state index in [0.717, 1.165) is 17.9 Å². The Balaban J connectivity index is 2.30. The summed E-state index contributed by atoms with van der Waals surface area (Å²) in [6.45, 7) is 0.258. The number of hydrogen-bond acceptors (Lipinski definition) is 3. The molecule has 1 aliphatic heterocycles. The fraction of sp³-hybridized carbons (Fsp3) is 1.00. The third-order valence-corrected chi connectivity index (χ3v) is 2.96. The van der Waals surface area contributed by atoms with Crippen molar-refractivity contribution in [3.63, 3.8) is 0 Å². The third-order valence-electron chi connectivity index (χ3n) is 1.77. The Kier molecular flexibility index (Phi) is 2.82. The quantitative estimate of drug-likeness (QED) is 0.551. The molecule has 0 unspecified atom stereocenters. The first-order valence-electron chi connectivity index (χ1n) is 3.28. The number of thioether (sulfide) groups is 1. The first-order chi connectivity index (χ1) is 4.34. The third kappa shape index (κ3) is 1.85. The number of aliphatic hydroxyl groups excluding tert-OH is 1. The maximum absolute atomic E-state index is 8.77. The number of hydrogen-bond donors (Lipinski definition) is 2. The molecule has 54 valence electrons. The SMILES string of the molecule is N[C@H]1CCSC[C@@H]1CO. The van der Waals surface area contributed by atoms with Gasteiger partial charge in [-0.2, -0.15) is 11.8 Å². The van der Waals surface area contributed by atoms with Crippen molar-refractivity contribution in [2.24, 2.45) is 11.7 Å². The summed E-state index contributed by atoms with van der Waals surface area (Å²) in [5.74, 6) is 2.55. The van der Waals surface area contributed by atoms with Gasteiger partial charge in [0, 0.05) is 18.6 Å². The highest BCUT2D eigenvalue weighted by Gasteiger charge is 2.20. The second-order valence-electron chi connectivity index (χ2n) is 2.47. The molecule has 1 aliphatic rings. The Morgan fingerprint density at radius 2 is 2.44 bits per heavy atom. The van der Waals surface area contributed by atoms with E-state index in [2.05, 4.69) is 0 Å². The first kappa shape index (κ1) is 7.38. The molecule has 0 saturated carbocycles. The van der Waals surface area contributed by atoms with Crippen molar-refractivity contribution in [3.8, 4) is 0 Å². The molecular formula is C6H13NOS. The molecule has 9 heavy (non-hydrogen) atoms. The van der Waals surface area contributed by atoms with Crippen LogP contribution in [0.4, 0.5) is 0 Å². The van der Waals surface area contributed by atoms with Gasteiger partial charge in [-0.3, -0.25) is 0 Å². The van der Waals surface area contributed by atoms with E-state index in [4.69, 9.17) is 10.8 Å². The summed E-state index contributed by atoms with van der Waals surface area (Å²) < 4.78 is 0. The maximum atomic E-state index is 8.77. The van der Waals surface area contributed by atoms with Gasteiger partial charge in [-0.1, -0.05) is 0 Å². The van der Waals surface area contributed by atoms with Gasteiger partial charge < -0.3 is 10.8 Å². The summed E-state index contributed by atoms with van der Waals surface area (Å²) in [5.41, 5.74) is 5.72. The Morgan fingerprint density at radius 3 is 2.89 bits per heavy atom. The summed E-state index contributed by atoms with van der Waals surface area (Å²) in [4.78, 5) is 0. The van der Waals surface area contributed by atoms with Crippen molar-refractivity contribution < 1.29 is 5.11 Å². The van der Waals surface area contributed by atoms with Crippen molar-refractivity contribution in [1.82, 2.24) is 0 Å². The standard InChI is InChI=1S/C6H13NOS/c7-6-1-2-9-4-5(6)3-8/h5-6,8H,1-4,7H2/t5-,6-/m0/s1. The van der Waals surface area contributed by atoms with E-state index >= 15 is 0 Å². The maximum Gasteiger partial charge on any atom is 0.0482 e. The smallest absolute Gasteiger partial charge is 0.0482 e. The van der Waals surface area contributed by atoms with Gasteiger partial charge in [0.25, 0.3) is 0 Å². The predicted molar refractivity (Wildman–Crippen MR) is 40.5 cm³/mol. The van der Waals surface area contributed by atoms with Crippen LogP contribution in [0, 0.1) is 5.92 Å². The highest BCUT2D eigenvalue weighted by atomic mass is 32.2. The van der Waals surface area contributed by atoms with Gasteiger partial charge >= 0.3 is 0 Å².